The number of rotatable bonds is 2. The van der Waals surface area contributed by atoms with Crippen LogP contribution in [0.1, 0.15) is 11.1 Å². The molecule has 0 N–H and O–H groups in total. The van der Waals surface area contributed by atoms with Crippen LogP contribution in [0.15, 0.2) is 48.7 Å². The van der Waals surface area contributed by atoms with Crippen molar-refractivity contribution in [1.29, 1.82) is 0 Å². The fourth-order valence-electron chi connectivity index (χ4n) is 2.27. The van der Waals surface area contributed by atoms with Gasteiger partial charge in [-0.05, 0) is 36.1 Å². The molecule has 3 aromatic rings. The normalized spacial score (nSPS) is 11.1. The monoisotopic (exact) mass is 257 g/mol. The number of nitrogens with zero attached hydrogens (tertiary/aromatic N) is 1. The Bertz CT molecular complexity index is 744. The maximum Gasteiger partial charge on any atom is 0.131 e. The van der Waals surface area contributed by atoms with Crippen molar-refractivity contribution >= 4 is 10.9 Å². The van der Waals surface area contributed by atoms with Gasteiger partial charge in [0.1, 0.15) is 11.6 Å². The minimum Gasteiger partial charge on any atom is -0.343 e. The summed E-state index contributed by atoms with van der Waals surface area (Å²) in [6.07, 6.45) is 1.92. The van der Waals surface area contributed by atoms with E-state index in [4.69, 9.17) is 0 Å². The third kappa shape index (κ3) is 2.24. The molecule has 1 aromatic heterocycles. The molecule has 0 bridgehead atoms. The highest BCUT2D eigenvalue weighted by Gasteiger charge is 2.07. The summed E-state index contributed by atoms with van der Waals surface area (Å²) in [5.74, 6) is -1.05. The lowest BCUT2D eigenvalue weighted by atomic mass is 10.2. The largest absolute Gasteiger partial charge is 0.343 e. The molecule has 19 heavy (non-hydrogen) atoms. The Kier molecular flexibility index (Phi) is 2.82. The number of hydrogen-bond donors (Lipinski definition) is 0. The zero-order valence-electron chi connectivity index (χ0n) is 10.5. The molecule has 0 fully saturated rings. The van der Waals surface area contributed by atoms with Gasteiger partial charge in [0.2, 0.25) is 0 Å². The van der Waals surface area contributed by atoms with Gasteiger partial charge in [0.15, 0.2) is 0 Å². The Morgan fingerprint density at radius 3 is 2.63 bits per heavy atom. The molecule has 0 radical (unpaired) electrons. The summed E-state index contributed by atoms with van der Waals surface area (Å²) < 4.78 is 28.5. The van der Waals surface area contributed by atoms with Crippen LogP contribution in [0.25, 0.3) is 10.9 Å². The zero-order chi connectivity index (χ0) is 13.4. The number of aromatic nitrogens is 1. The Morgan fingerprint density at radius 1 is 1.00 bits per heavy atom. The highest BCUT2D eigenvalue weighted by atomic mass is 19.1. The van der Waals surface area contributed by atoms with Crippen LogP contribution in [0.4, 0.5) is 8.78 Å². The maximum absolute atomic E-state index is 13.7. The van der Waals surface area contributed by atoms with Gasteiger partial charge < -0.3 is 4.57 Å². The second-order valence-corrected chi connectivity index (χ2v) is 4.74. The van der Waals surface area contributed by atoms with E-state index >= 15 is 0 Å². The van der Waals surface area contributed by atoms with Gasteiger partial charge in [-0.25, -0.2) is 8.78 Å². The molecule has 3 heteroatoms. The average Bonchev–Trinajstić information content (AvgIpc) is 2.75. The molecule has 0 aliphatic heterocycles. The van der Waals surface area contributed by atoms with E-state index in [2.05, 4.69) is 6.07 Å². The van der Waals surface area contributed by atoms with Gasteiger partial charge in [-0.15, -0.1) is 0 Å². The first-order valence-electron chi connectivity index (χ1n) is 6.13. The van der Waals surface area contributed by atoms with Gasteiger partial charge in [-0.3, -0.25) is 0 Å². The zero-order valence-corrected chi connectivity index (χ0v) is 10.5. The molecule has 1 nitrogen and oxygen atoms in total. The molecule has 0 unspecified atom stereocenters. The first-order valence-corrected chi connectivity index (χ1v) is 6.13. The lowest BCUT2D eigenvalue weighted by Crippen LogP contribution is -2.01. The lowest BCUT2D eigenvalue weighted by Gasteiger charge is -2.07. The number of aryl methyl sites for hydroxylation is 1. The fourth-order valence-corrected chi connectivity index (χ4v) is 2.27. The van der Waals surface area contributed by atoms with E-state index in [0.29, 0.717) is 12.1 Å². The van der Waals surface area contributed by atoms with Gasteiger partial charge in [-0.1, -0.05) is 18.2 Å². The molecular weight excluding hydrogens is 244 g/mol. The van der Waals surface area contributed by atoms with Crippen LogP contribution in [0.2, 0.25) is 0 Å². The molecule has 2 aromatic carbocycles. The van der Waals surface area contributed by atoms with Crippen molar-refractivity contribution in [3.05, 3.63) is 71.4 Å². The van der Waals surface area contributed by atoms with Crippen LogP contribution in [-0.2, 0) is 6.54 Å². The summed E-state index contributed by atoms with van der Waals surface area (Å²) in [5.41, 5.74) is 2.70. The van der Waals surface area contributed by atoms with Crippen molar-refractivity contribution in [2.24, 2.45) is 0 Å². The average molecular weight is 257 g/mol. The summed E-state index contributed by atoms with van der Waals surface area (Å²) in [7, 11) is 0. The highest BCUT2D eigenvalue weighted by molar-refractivity contribution is 5.80. The minimum absolute atomic E-state index is 0.402. The number of benzene rings is 2. The molecule has 0 saturated carbocycles. The number of fused-ring (bicyclic) bond motifs is 1. The van der Waals surface area contributed by atoms with Crippen molar-refractivity contribution in [3.63, 3.8) is 0 Å². The van der Waals surface area contributed by atoms with Crippen molar-refractivity contribution in [3.8, 4) is 0 Å². The van der Waals surface area contributed by atoms with E-state index in [1.54, 1.807) is 0 Å². The first-order chi connectivity index (χ1) is 9.13. The Labute approximate surface area is 110 Å². The molecular formula is C16H13F2N. The van der Waals surface area contributed by atoms with Crippen molar-refractivity contribution < 1.29 is 8.78 Å². The third-order valence-electron chi connectivity index (χ3n) is 3.29. The van der Waals surface area contributed by atoms with E-state index in [1.807, 2.05) is 35.9 Å². The molecule has 96 valence electrons. The van der Waals surface area contributed by atoms with Crippen molar-refractivity contribution in [2.45, 2.75) is 13.5 Å². The van der Waals surface area contributed by atoms with Crippen LogP contribution in [0, 0.1) is 18.6 Å². The number of halogens is 2. The van der Waals surface area contributed by atoms with Crippen LogP contribution in [0.5, 0.6) is 0 Å². The van der Waals surface area contributed by atoms with Gasteiger partial charge in [0, 0.05) is 23.3 Å². The molecule has 0 amide bonds. The Balaban J connectivity index is 2.03. The van der Waals surface area contributed by atoms with Crippen LogP contribution >= 0.6 is 0 Å². The summed E-state index contributed by atoms with van der Waals surface area (Å²) in [6, 6.07) is 11.9. The van der Waals surface area contributed by atoms with E-state index in [9.17, 15) is 8.78 Å². The quantitative estimate of drug-likeness (QED) is 0.646. The molecule has 0 spiro atoms. The molecule has 0 aliphatic rings. The molecule has 0 aliphatic carbocycles. The smallest absolute Gasteiger partial charge is 0.131 e. The lowest BCUT2D eigenvalue weighted by molar-refractivity contribution is 0.567. The van der Waals surface area contributed by atoms with E-state index < -0.39 is 11.6 Å². The predicted molar refractivity (Wildman–Crippen MR) is 72.1 cm³/mol. The summed E-state index contributed by atoms with van der Waals surface area (Å²) >= 11 is 0. The SMILES string of the molecule is Cc1ccc2ccn(Cc3ccc(F)cc3F)c2c1. The van der Waals surface area contributed by atoms with E-state index in [-0.39, 0.29) is 0 Å². The summed E-state index contributed by atoms with van der Waals surface area (Å²) in [5, 5.41) is 1.12. The standard InChI is InChI=1S/C16H13F2N/c1-11-2-3-12-6-7-19(16(12)8-11)10-13-4-5-14(17)9-15(13)18/h2-9H,10H2,1H3. The van der Waals surface area contributed by atoms with Crippen LogP contribution in [0.3, 0.4) is 0 Å². The van der Waals surface area contributed by atoms with Gasteiger partial charge >= 0.3 is 0 Å². The topological polar surface area (TPSA) is 4.93 Å². The van der Waals surface area contributed by atoms with Crippen LogP contribution < -0.4 is 0 Å². The second-order valence-electron chi connectivity index (χ2n) is 4.74. The van der Waals surface area contributed by atoms with Gasteiger partial charge in [0.25, 0.3) is 0 Å². The Hall–Kier alpha value is -2.16. The van der Waals surface area contributed by atoms with Crippen molar-refractivity contribution in [1.82, 2.24) is 4.57 Å². The summed E-state index contributed by atoms with van der Waals surface area (Å²) in [4.78, 5) is 0. The second kappa shape index (κ2) is 4.50. The Morgan fingerprint density at radius 2 is 1.84 bits per heavy atom. The third-order valence-corrected chi connectivity index (χ3v) is 3.29. The van der Waals surface area contributed by atoms with E-state index in [0.717, 1.165) is 22.5 Å². The van der Waals surface area contributed by atoms with Crippen molar-refractivity contribution in [2.75, 3.05) is 0 Å². The maximum atomic E-state index is 13.7. The molecule has 3 rings (SSSR count). The summed E-state index contributed by atoms with van der Waals surface area (Å²) in [6.45, 7) is 2.42. The van der Waals surface area contributed by atoms with Crippen LogP contribution in [-0.4, -0.2) is 4.57 Å². The minimum atomic E-state index is -0.547. The molecule has 0 atom stereocenters. The van der Waals surface area contributed by atoms with Gasteiger partial charge in [-0.2, -0.15) is 0 Å². The fraction of sp³-hybridized carbons (Fsp3) is 0.125. The predicted octanol–water partition coefficient (Wildman–Crippen LogP) is 4.28. The highest BCUT2D eigenvalue weighted by Crippen LogP contribution is 2.20. The van der Waals surface area contributed by atoms with E-state index in [1.165, 1.54) is 12.1 Å². The molecule has 0 saturated heterocycles. The van der Waals surface area contributed by atoms with Gasteiger partial charge in [0.05, 0.1) is 6.54 Å². The first kappa shape index (κ1) is 11.9. The number of hydrogen-bond acceptors (Lipinski definition) is 0. The molecule has 1 heterocycles.